The molecule has 0 aliphatic rings. The maximum Gasteiger partial charge on any atom is 0.198 e. The smallest absolute Gasteiger partial charge is 0.198 e. The third-order valence-electron chi connectivity index (χ3n) is 2.20. The van der Waals surface area contributed by atoms with Gasteiger partial charge in [0.15, 0.2) is 5.78 Å². The Morgan fingerprint density at radius 3 is 2.38 bits per heavy atom. The third-order valence-corrected chi connectivity index (χ3v) is 2.42. The van der Waals surface area contributed by atoms with Gasteiger partial charge in [-0.05, 0) is 17.5 Å². The summed E-state index contributed by atoms with van der Waals surface area (Å²) in [5.74, 6) is -0.154. The Morgan fingerprint density at radius 2 is 2.00 bits per heavy atom. The van der Waals surface area contributed by atoms with E-state index < -0.39 is 6.04 Å². The second-order valence-corrected chi connectivity index (χ2v) is 5.01. The van der Waals surface area contributed by atoms with Gasteiger partial charge in [-0.2, -0.15) is 0 Å². The van der Waals surface area contributed by atoms with E-state index in [0.29, 0.717) is 10.7 Å². The minimum atomic E-state index is -0.550. The van der Waals surface area contributed by atoms with E-state index in [-0.39, 0.29) is 23.6 Å². The zero-order valence-corrected chi connectivity index (χ0v) is 11.1. The van der Waals surface area contributed by atoms with Crippen LogP contribution in [-0.2, 0) is 0 Å². The van der Waals surface area contributed by atoms with Crippen molar-refractivity contribution < 1.29 is 4.79 Å². The monoisotopic (exact) mass is 262 g/mol. The highest BCUT2D eigenvalue weighted by atomic mass is 35.5. The Hall–Kier alpha value is -0.640. The van der Waals surface area contributed by atoms with Gasteiger partial charge in [0.05, 0.1) is 11.1 Å². The molecule has 0 fully saturated rings. The largest absolute Gasteiger partial charge is 0.321 e. The lowest BCUT2D eigenvalue weighted by Gasteiger charge is -2.25. The molecule has 0 aliphatic heterocycles. The van der Waals surface area contributed by atoms with Crippen LogP contribution < -0.4 is 5.73 Å². The van der Waals surface area contributed by atoms with Crippen LogP contribution >= 0.6 is 24.0 Å². The first-order valence-electron chi connectivity index (χ1n) is 4.73. The Balaban J connectivity index is 0.00000225. The first-order valence-corrected chi connectivity index (χ1v) is 5.11. The van der Waals surface area contributed by atoms with Crippen LogP contribution in [0.1, 0.15) is 31.3 Å². The molecule has 1 heterocycles. The number of nitrogens with zero attached hydrogens (tertiary/aromatic N) is 1. The molecule has 90 valence electrons. The van der Waals surface area contributed by atoms with E-state index >= 15 is 0 Å². The van der Waals surface area contributed by atoms with E-state index in [0.717, 1.165) is 0 Å². The van der Waals surface area contributed by atoms with E-state index in [4.69, 9.17) is 17.3 Å². The van der Waals surface area contributed by atoms with Crippen LogP contribution in [0.2, 0.25) is 5.02 Å². The number of Topliss-reactive ketones (excluding diaryl/α,β-unsaturated/α-hetero) is 1. The molecule has 5 heteroatoms. The number of hydrogen-bond donors (Lipinski definition) is 1. The Kier molecular flexibility index (Phi) is 5.39. The average molecular weight is 263 g/mol. The molecule has 0 saturated heterocycles. The van der Waals surface area contributed by atoms with Crippen LogP contribution in [0.5, 0.6) is 0 Å². The molecular weight excluding hydrogens is 247 g/mol. The van der Waals surface area contributed by atoms with Gasteiger partial charge >= 0.3 is 0 Å². The molecule has 16 heavy (non-hydrogen) atoms. The molecule has 0 radical (unpaired) electrons. The van der Waals surface area contributed by atoms with E-state index in [1.165, 1.54) is 6.20 Å². The predicted molar refractivity (Wildman–Crippen MR) is 68.3 cm³/mol. The van der Waals surface area contributed by atoms with Crippen molar-refractivity contribution in [2.24, 2.45) is 11.1 Å². The number of halogens is 2. The zero-order valence-electron chi connectivity index (χ0n) is 9.53. The summed E-state index contributed by atoms with van der Waals surface area (Å²) < 4.78 is 0. The Morgan fingerprint density at radius 1 is 1.44 bits per heavy atom. The quantitative estimate of drug-likeness (QED) is 0.834. The van der Waals surface area contributed by atoms with Gasteiger partial charge in [0.1, 0.15) is 5.69 Å². The summed E-state index contributed by atoms with van der Waals surface area (Å²) in [7, 11) is 0. The molecule has 0 saturated carbocycles. The molecular formula is C11H16Cl2N2O. The Labute approximate surface area is 107 Å². The first kappa shape index (κ1) is 15.4. The number of pyridine rings is 1. The Bertz CT molecular complexity index is 357. The lowest BCUT2D eigenvalue weighted by molar-refractivity contribution is 0.0896. The van der Waals surface area contributed by atoms with Gasteiger partial charge in [-0.3, -0.25) is 9.78 Å². The molecule has 1 atom stereocenters. The van der Waals surface area contributed by atoms with Crippen molar-refractivity contribution in [3.05, 3.63) is 29.0 Å². The summed E-state index contributed by atoms with van der Waals surface area (Å²) in [5.41, 5.74) is 5.94. The maximum absolute atomic E-state index is 11.9. The molecule has 0 spiro atoms. The van der Waals surface area contributed by atoms with Crippen LogP contribution in [0.25, 0.3) is 0 Å². The number of aromatic nitrogens is 1. The zero-order chi connectivity index (χ0) is 11.6. The minimum absolute atomic E-state index is 0. The second-order valence-electron chi connectivity index (χ2n) is 4.57. The van der Waals surface area contributed by atoms with Crippen molar-refractivity contribution in [3.63, 3.8) is 0 Å². The highest BCUT2D eigenvalue weighted by molar-refractivity contribution is 6.30. The number of hydrogen-bond acceptors (Lipinski definition) is 3. The van der Waals surface area contributed by atoms with Crippen molar-refractivity contribution in [1.29, 1.82) is 0 Å². The molecule has 0 aromatic carbocycles. The number of rotatable bonds is 2. The lowest BCUT2D eigenvalue weighted by atomic mass is 9.84. The highest BCUT2D eigenvalue weighted by Gasteiger charge is 2.28. The lowest BCUT2D eigenvalue weighted by Crippen LogP contribution is -2.42. The van der Waals surface area contributed by atoms with Crippen molar-refractivity contribution in [2.75, 3.05) is 0 Å². The molecule has 0 bridgehead atoms. The van der Waals surface area contributed by atoms with Gasteiger partial charge in [0.2, 0.25) is 0 Å². The fraction of sp³-hybridized carbons (Fsp3) is 0.455. The molecule has 1 aromatic heterocycles. The topological polar surface area (TPSA) is 56.0 Å². The summed E-state index contributed by atoms with van der Waals surface area (Å²) in [6, 6.07) is 2.68. The van der Waals surface area contributed by atoms with Crippen molar-refractivity contribution in [3.8, 4) is 0 Å². The second kappa shape index (κ2) is 5.62. The summed E-state index contributed by atoms with van der Waals surface area (Å²) in [6.45, 7) is 5.77. The number of carbonyl (C=O) groups excluding carboxylic acids is 1. The van der Waals surface area contributed by atoms with Gasteiger partial charge in [0.25, 0.3) is 0 Å². The van der Waals surface area contributed by atoms with Crippen molar-refractivity contribution >= 4 is 29.8 Å². The minimum Gasteiger partial charge on any atom is -0.321 e. The van der Waals surface area contributed by atoms with Gasteiger partial charge in [-0.1, -0.05) is 32.4 Å². The molecule has 2 N–H and O–H groups in total. The number of ketones is 1. The highest BCUT2D eigenvalue weighted by Crippen LogP contribution is 2.20. The van der Waals surface area contributed by atoms with E-state index in [9.17, 15) is 4.79 Å². The van der Waals surface area contributed by atoms with Crippen LogP contribution in [0, 0.1) is 5.41 Å². The number of nitrogens with two attached hydrogens (primary N) is 1. The summed E-state index contributed by atoms with van der Waals surface area (Å²) in [5, 5.41) is 0.510. The summed E-state index contributed by atoms with van der Waals surface area (Å²) >= 11 is 5.68. The van der Waals surface area contributed by atoms with Gasteiger partial charge < -0.3 is 5.73 Å². The SMILES string of the molecule is CC(C)(C)C(N)C(=O)c1ccc(Cl)cn1.Cl. The van der Waals surface area contributed by atoms with E-state index in [1.54, 1.807) is 12.1 Å². The molecule has 0 amide bonds. The fourth-order valence-electron chi connectivity index (χ4n) is 1.07. The van der Waals surface area contributed by atoms with Crippen LogP contribution in [-0.4, -0.2) is 16.8 Å². The van der Waals surface area contributed by atoms with Crippen molar-refractivity contribution in [1.82, 2.24) is 4.98 Å². The molecule has 3 nitrogen and oxygen atoms in total. The molecule has 0 aliphatic carbocycles. The predicted octanol–water partition coefficient (Wildman–Crippen LogP) is 2.71. The van der Waals surface area contributed by atoms with Crippen LogP contribution in [0.15, 0.2) is 18.3 Å². The standard InChI is InChI=1S/C11H15ClN2O.ClH/c1-11(2,3)10(13)9(15)8-5-4-7(12)6-14-8;/h4-6,10H,13H2,1-3H3;1H. The normalized spacial score (nSPS) is 12.8. The van der Waals surface area contributed by atoms with Gasteiger partial charge in [-0.25, -0.2) is 0 Å². The van der Waals surface area contributed by atoms with Crippen molar-refractivity contribution in [2.45, 2.75) is 26.8 Å². The summed E-state index contributed by atoms with van der Waals surface area (Å²) in [6.07, 6.45) is 1.45. The van der Waals surface area contributed by atoms with Gasteiger partial charge in [-0.15, -0.1) is 12.4 Å². The van der Waals surface area contributed by atoms with E-state index in [1.807, 2.05) is 20.8 Å². The average Bonchev–Trinajstić information content (AvgIpc) is 2.15. The molecule has 1 rings (SSSR count). The maximum atomic E-state index is 11.9. The van der Waals surface area contributed by atoms with E-state index in [2.05, 4.69) is 4.98 Å². The fourth-order valence-corrected chi connectivity index (χ4v) is 1.19. The number of carbonyl (C=O) groups is 1. The third kappa shape index (κ3) is 3.74. The summed E-state index contributed by atoms with van der Waals surface area (Å²) in [4.78, 5) is 15.8. The van der Waals surface area contributed by atoms with Crippen LogP contribution in [0.4, 0.5) is 0 Å². The first-order chi connectivity index (χ1) is 6.82. The molecule has 1 unspecified atom stereocenters. The van der Waals surface area contributed by atoms with Crippen LogP contribution in [0.3, 0.4) is 0 Å². The van der Waals surface area contributed by atoms with Gasteiger partial charge in [0, 0.05) is 6.20 Å². The molecule has 1 aromatic rings.